The Morgan fingerprint density at radius 2 is 1.68 bits per heavy atom. The number of methoxy groups -OCH3 is 1. The maximum absolute atomic E-state index is 15.0. The summed E-state index contributed by atoms with van der Waals surface area (Å²) in [7, 11) is 1.34. The number of ether oxygens (including phenoxy) is 1. The van der Waals surface area contributed by atoms with E-state index in [4.69, 9.17) is 4.74 Å². The van der Waals surface area contributed by atoms with Gasteiger partial charge in [-0.2, -0.15) is 0 Å². The molecule has 0 saturated carbocycles. The van der Waals surface area contributed by atoms with Crippen molar-refractivity contribution in [2.24, 2.45) is 5.92 Å². The SMILES string of the molecule is COC(=O)C(CCCc1ccccc1)CC(=O)c1ccc(-c2ccc(Nc3nc4cc(F)ccc4s3)c(F)c2)cc1. The number of thiazole rings is 1. The van der Waals surface area contributed by atoms with Crippen molar-refractivity contribution in [2.75, 3.05) is 12.4 Å². The fraction of sp³-hybridized carbons (Fsp3) is 0.182. The van der Waals surface area contributed by atoms with Crippen molar-refractivity contribution in [3.63, 3.8) is 0 Å². The van der Waals surface area contributed by atoms with Crippen LogP contribution in [0.25, 0.3) is 21.3 Å². The molecule has 0 saturated heterocycles. The van der Waals surface area contributed by atoms with Crippen LogP contribution in [0, 0.1) is 17.6 Å². The second kappa shape index (κ2) is 12.8. The molecule has 0 radical (unpaired) electrons. The smallest absolute Gasteiger partial charge is 0.309 e. The number of hydrogen-bond donors (Lipinski definition) is 1. The molecular weight excluding hydrogens is 542 g/mol. The van der Waals surface area contributed by atoms with E-state index in [0.717, 1.165) is 23.1 Å². The number of carbonyl (C=O) groups is 2. The highest BCUT2D eigenvalue weighted by Gasteiger charge is 2.23. The lowest BCUT2D eigenvalue weighted by Gasteiger charge is -2.14. The number of ketones is 1. The van der Waals surface area contributed by atoms with Gasteiger partial charge in [-0.05, 0) is 60.2 Å². The van der Waals surface area contributed by atoms with Crippen molar-refractivity contribution in [1.29, 1.82) is 0 Å². The number of rotatable bonds is 11. The van der Waals surface area contributed by atoms with Gasteiger partial charge in [-0.1, -0.05) is 72.0 Å². The summed E-state index contributed by atoms with van der Waals surface area (Å²) in [6.45, 7) is 0. The average molecular weight is 571 g/mol. The fourth-order valence-corrected chi connectivity index (χ4v) is 5.58. The number of anilines is 2. The molecule has 8 heteroatoms. The van der Waals surface area contributed by atoms with Gasteiger partial charge < -0.3 is 10.1 Å². The van der Waals surface area contributed by atoms with E-state index in [0.29, 0.717) is 28.2 Å². The monoisotopic (exact) mass is 570 g/mol. The van der Waals surface area contributed by atoms with Crippen LogP contribution in [0.5, 0.6) is 0 Å². The number of nitrogens with zero attached hydrogens (tertiary/aromatic N) is 1. The minimum atomic E-state index is -0.514. The predicted molar refractivity (Wildman–Crippen MR) is 159 cm³/mol. The molecule has 1 unspecified atom stereocenters. The zero-order valence-corrected chi connectivity index (χ0v) is 23.2. The molecule has 5 rings (SSSR count). The Bertz CT molecular complexity index is 1670. The number of aryl methyl sites for hydroxylation is 1. The van der Waals surface area contributed by atoms with Crippen LogP contribution in [-0.4, -0.2) is 23.8 Å². The van der Waals surface area contributed by atoms with Crippen molar-refractivity contribution in [2.45, 2.75) is 25.7 Å². The van der Waals surface area contributed by atoms with Crippen LogP contribution in [0.4, 0.5) is 19.6 Å². The molecule has 5 aromatic rings. The minimum absolute atomic E-state index is 0.0637. The summed E-state index contributed by atoms with van der Waals surface area (Å²) in [6, 6.07) is 26.1. The molecule has 0 aliphatic heterocycles. The lowest BCUT2D eigenvalue weighted by molar-refractivity contribution is -0.145. The highest BCUT2D eigenvalue weighted by atomic mass is 32.1. The molecule has 0 spiro atoms. The van der Waals surface area contributed by atoms with E-state index in [1.165, 1.54) is 42.2 Å². The molecule has 208 valence electrons. The van der Waals surface area contributed by atoms with Crippen LogP contribution >= 0.6 is 11.3 Å². The van der Waals surface area contributed by atoms with Crippen molar-refractivity contribution in [3.8, 4) is 11.1 Å². The second-order valence-corrected chi connectivity index (χ2v) is 10.8. The van der Waals surface area contributed by atoms with E-state index in [9.17, 15) is 18.4 Å². The molecule has 1 aromatic heterocycles. The predicted octanol–water partition coefficient (Wildman–Crippen LogP) is 8.37. The molecule has 0 bridgehead atoms. The van der Waals surface area contributed by atoms with E-state index in [2.05, 4.69) is 10.3 Å². The quantitative estimate of drug-likeness (QED) is 0.128. The maximum Gasteiger partial charge on any atom is 0.309 e. The Morgan fingerprint density at radius 1 is 0.927 bits per heavy atom. The molecule has 4 aromatic carbocycles. The highest BCUT2D eigenvalue weighted by Crippen LogP contribution is 2.31. The molecule has 0 aliphatic rings. The summed E-state index contributed by atoms with van der Waals surface area (Å²) in [5.41, 5.74) is 3.82. The van der Waals surface area contributed by atoms with Crippen molar-refractivity contribution < 1.29 is 23.1 Å². The Morgan fingerprint density at radius 3 is 2.41 bits per heavy atom. The van der Waals surface area contributed by atoms with E-state index >= 15 is 0 Å². The van der Waals surface area contributed by atoms with Crippen molar-refractivity contribution >= 4 is 44.1 Å². The summed E-state index contributed by atoms with van der Waals surface area (Å²) in [6.07, 6.45) is 2.21. The second-order valence-electron chi connectivity index (χ2n) is 9.75. The Kier molecular flexibility index (Phi) is 8.79. The van der Waals surface area contributed by atoms with Gasteiger partial charge in [0, 0.05) is 18.1 Å². The zero-order chi connectivity index (χ0) is 28.8. The molecule has 5 nitrogen and oxygen atoms in total. The third kappa shape index (κ3) is 7.02. The summed E-state index contributed by atoms with van der Waals surface area (Å²) < 4.78 is 34.2. The van der Waals surface area contributed by atoms with Gasteiger partial charge in [-0.15, -0.1) is 0 Å². The van der Waals surface area contributed by atoms with Crippen molar-refractivity contribution in [1.82, 2.24) is 4.98 Å². The first kappa shape index (κ1) is 28.1. The summed E-state index contributed by atoms with van der Waals surface area (Å²) in [5.74, 6) is -1.89. The lowest BCUT2D eigenvalue weighted by atomic mass is 9.92. The first-order valence-electron chi connectivity index (χ1n) is 13.3. The molecule has 0 amide bonds. The standard InChI is InChI=1S/C33H28F2N2O3S/c1-40-32(39)25(9-5-8-21-6-3-2-4-7-21)19-30(38)23-12-10-22(11-13-23)24-14-16-28(27(35)18-24)36-33-37-29-20-26(34)15-17-31(29)41-33/h2-4,6-7,10-18,20,25H,5,8-9,19H2,1H3,(H,36,37). The van der Waals surface area contributed by atoms with Crippen molar-refractivity contribution in [3.05, 3.63) is 114 Å². The van der Waals surface area contributed by atoms with Gasteiger partial charge >= 0.3 is 5.97 Å². The summed E-state index contributed by atoms with van der Waals surface area (Å²) >= 11 is 1.31. The van der Waals surface area contributed by atoms with E-state index in [-0.39, 0.29) is 29.7 Å². The number of fused-ring (bicyclic) bond motifs is 1. The van der Waals surface area contributed by atoms with Gasteiger partial charge in [-0.3, -0.25) is 9.59 Å². The fourth-order valence-electron chi connectivity index (χ4n) is 4.72. The third-order valence-electron chi connectivity index (χ3n) is 6.93. The van der Waals surface area contributed by atoms with Gasteiger partial charge in [-0.25, -0.2) is 13.8 Å². The molecule has 1 N–H and O–H groups in total. The van der Waals surface area contributed by atoms with E-state index in [1.807, 2.05) is 30.3 Å². The number of hydrogen-bond acceptors (Lipinski definition) is 6. The van der Waals surface area contributed by atoms with Crippen LogP contribution in [-0.2, 0) is 16.0 Å². The van der Waals surface area contributed by atoms with Crippen LogP contribution in [0.1, 0.15) is 35.2 Å². The highest BCUT2D eigenvalue weighted by molar-refractivity contribution is 7.22. The van der Waals surface area contributed by atoms with Gasteiger partial charge in [0.1, 0.15) is 11.6 Å². The Labute approximate surface area is 240 Å². The molecule has 41 heavy (non-hydrogen) atoms. The lowest BCUT2D eigenvalue weighted by Crippen LogP contribution is -2.20. The third-order valence-corrected chi connectivity index (χ3v) is 7.88. The van der Waals surface area contributed by atoms with Gasteiger partial charge in [0.2, 0.25) is 0 Å². The number of Topliss-reactive ketones (excluding diaryl/α,β-unsaturated/α-hetero) is 1. The number of benzene rings is 4. The van der Waals surface area contributed by atoms with Crippen LogP contribution in [0.15, 0.2) is 91.0 Å². The molecule has 1 atom stereocenters. The van der Waals surface area contributed by atoms with Gasteiger partial charge in [0.15, 0.2) is 10.9 Å². The maximum atomic E-state index is 15.0. The molecule has 0 aliphatic carbocycles. The minimum Gasteiger partial charge on any atom is -0.469 e. The first-order chi connectivity index (χ1) is 19.9. The van der Waals surface area contributed by atoms with Gasteiger partial charge in [0.05, 0.1) is 28.9 Å². The molecule has 0 fully saturated rings. The number of halogens is 2. The topological polar surface area (TPSA) is 68.3 Å². The number of carbonyl (C=O) groups excluding carboxylic acids is 2. The summed E-state index contributed by atoms with van der Waals surface area (Å²) in [5, 5.41) is 3.43. The number of esters is 1. The largest absolute Gasteiger partial charge is 0.469 e. The summed E-state index contributed by atoms with van der Waals surface area (Å²) in [4.78, 5) is 29.7. The normalized spacial score (nSPS) is 11.8. The van der Waals surface area contributed by atoms with E-state index < -0.39 is 11.7 Å². The number of aromatic nitrogens is 1. The van der Waals surface area contributed by atoms with Crippen LogP contribution in [0.3, 0.4) is 0 Å². The Balaban J connectivity index is 1.22. The van der Waals surface area contributed by atoms with E-state index in [1.54, 1.807) is 42.5 Å². The zero-order valence-electron chi connectivity index (χ0n) is 22.4. The molecular formula is C33H28F2N2O3S. The van der Waals surface area contributed by atoms with Gasteiger partial charge in [0.25, 0.3) is 0 Å². The average Bonchev–Trinajstić information content (AvgIpc) is 3.39. The first-order valence-corrected chi connectivity index (χ1v) is 14.1. The van der Waals surface area contributed by atoms with Crippen LogP contribution in [0.2, 0.25) is 0 Å². The molecule has 1 heterocycles. The van der Waals surface area contributed by atoms with Crippen LogP contribution < -0.4 is 5.32 Å². The Hall–Kier alpha value is -4.43. The number of nitrogens with one attached hydrogen (secondary N) is 1.